The zero-order chi connectivity index (χ0) is 8.69. The van der Waals surface area contributed by atoms with E-state index in [1.807, 2.05) is 14.0 Å². The molecule has 11 heavy (non-hydrogen) atoms. The average molecular weight is 155 g/mol. The van der Waals surface area contributed by atoms with Gasteiger partial charge in [0.25, 0.3) is 0 Å². The Morgan fingerprint density at radius 3 is 2.55 bits per heavy atom. The SMILES string of the molecule is C#CC(CCC(C)OC)NC. The van der Waals surface area contributed by atoms with Crippen molar-refractivity contribution in [1.82, 2.24) is 5.32 Å². The summed E-state index contributed by atoms with van der Waals surface area (Å²) >= 11 is 0. The minimum Gasteiger partial charge on any atom is -0.382 e. The van der Waals surface area contributed by atoms with Crippen LogP contribution >= 0.6 is 0 Å². The van der Waals surface area contributed by atoms with Gasteiger partial charge < -0.3 is 10.1 Å². The number of rotatable bonds is 5. The molecule has 0 saturated heterocycles. The van der Waals surface area contributed by atoms with Gasteiger partial charge in [0.05, 0.1) is 12.1 Å². The molecule has 0 aromatic rings. The first-order valence-electron chi connectivity index (χ1n) is 3.90. The Morgan fingerprint density at radius 1 is 1.55 bits per heavy atom. The van der Waals surface area contributed by atoms with Gasteiger partial charge in [-0.15, -0.1) is 6.42 Å². The maximum atomic E-state index is 5.26. The summed E-state index contributed by atoms with van der Waals surface area (Å²) in [6, 6.07) is 0.188. The molecule has 0 heterocycles. The summed E-state index contributed by atoms with van der Waals surface area (Å²) in [5.41, 5.74) is 0. The molecule has 2 heteroatoms. The molecule has 64 valence electrons. The highest BCUT2D eigenvalue weighted by Gasteiger charge is 2.04. The third-order valence-electron chi connectivity index (χ3n) is 1.81. The Balaban J connectivity index is 3.44. The van der Waals surface area contributed by atoms with Crippen LogP contribution in [-0.2, 0) is 4.74 Å². The lowest BCUT2D eigenvalue weighted by atomic mass is 10.1. The van der Waals surface area contributed by atoms with E-state index in [2.05, 4.69) is 11.2 Å². The fraction of sp³-hybridized carbons (Fsp3) is 0.778. The molecular weight excluding hydrogens is 138 g/mol. The van der Waals surface area contributed by atoms with Gasteiger partial charge in [-0.2, -0.15) is 0 Å². The van der Waals surface area contributed by atoms with Gasteiger partial charge in [0, 0.05) is 7.11 Å². The second-order valence-corrected chi connectivity index (χ2v) is 2.63. The molecule has 2 nitrogen and oxygen atoms in total. The molecule has 2 atom stereocenters. The van der Waals surface area contributed by atoms with Crippen LogP contribution in [0.4, 0.5) is 0 Å². The fourth-order valence-electron chi connectivity index (χ4n) is 0.830. The fourth-order valence-corrected chi connectivity index (χ4v) is 0.830. The average Bonchev–Trinajstić information content (AvgIpc) is 2.06. The van der Waals surface area contributed by atoms with Crippen LogP contribution in [0.1, 0.15) is 19.8 Å². The molecule has 0 aromatic heterocycles. The van der Waals surface area contributed by atoms with Crippen LogP contribution in [0.5, 0.6) is 0 Å². The van der Waals surface area contributed by atoms with E-state index in [0.717, 1.165) is 12.8 Å². The Labute approximate surface area is 69.3 Å². The first kappa shape index (κ1) is 10.5. The molecule has 2 unspecified atom stereocenters. The first-order valence-corrected chi connectivity index (χ1v) is 3.90. The van der Waals surface area contributed by atoms with Crippen LogP contribution in [0.15, 0.2) is 0 Å². The van der Waals surface area contributed by atoms with Gasteiger partial charge in [0.2, 0.25) is 0 Å². The molecule has 0 fully saturated rings. The second-order valence-electron chi connectivity index (χ2n) is 2.63. The van der Waals surface area contributed by atoms with Crippen LogP contribution in [0.2, 0.25) is 0 Å². The van der Waals surface area contributed by atoms with Crippen molar-refractivity contribution < 1.29 is 4.74 Å². The van der Waals surface area contributed by atoms with Crippen molar-refractivity contribution in [3.05, 3.63) is 0 Å². The second kappa shape index (κ2) is 6.21. The first-order chi connectivity index (χ1) is 5.24. The largest absolute Gasteiger partial charge is 0.382 e. The third kappa shape index (κ3) is 4.83. The van der Waals surface area contributed by atoms with Crippen molar-refractivity contribution in [1.29, 1.82) is 0 Å². The molecule has 0 amide bonds. The van der Waals surface area contributed by atoms with Gasteiger partial charge in [0.15, 0.2) is 0 Å². The molecule has 1 N–H and O–H groups in total. The van der Waals surface area contributed by atoms with Crippen LogP contribution in [0.25, 0.3) is 0 Å². The molecule has 0 rings (SSSR count). The highest BCUT2D eigenvalue weighted by Crippen LogP contribution is 2.02. The van der Waals surface area contributed by atoms with E-state index >= 15 is 0 Å². The summed E-state index contributed by atoms with van der Waals surface area (Å²) in [5.74, 6) is 2.66. The Bertz CT molecular complexity index is 128. The predicted molar refractivity (Wildman–Crippen MR) is 47.4 cm³/mol. The van der Waals surface area contributed by atoms with Crippen molar-refractivity contribution in [2.75, 3.05) is 14.2 Å². The zero-order valence-corrected chi connectivity index (χ0v) is 7.55. The van der Waals surface area contributed by atoms with Crippen LogP contribution in [0.3, 0.4) is 0 Å². The van der Waals surface area contributed by atoms with Crippen LogP contribution < -0.4 is 5.32 Å². The van der Waals surface area contributed by atoms with Crippen molar-refractivity contribution >= 4 is 0 Å². The molecule has 0 radical (unpaired) electrons. The number of ether oxygens (including phenoxy) is 1. The van der Waals surface area contributed by atoms with E-state index in [1.54, 1.807) is 7.11 Å². The quantitative estimate of drug-likeness (QED) is 0.599. The summed E-state index contributed by atoms with van der Waals surface area (Å²) < 4.78 is 5.09. The normalized spacial score (nSPS) is 15.5. The van der Waals surface area contributed by atoms with E-state index in [4.69, 9.17) is 11.2 Å². The van der Waals surface area contributed by atoms with E-state index in [-0.39, 0.29) is 6.04 Å². The standard InChI is InChI=1S/C9H17NO/c1-5-9(10-3)7-6-8(2)11-4/h1,8-10H,6-7H2,2-4H3. The van der Waals surface area contributed by atoms with E-state index in [9.17, 15) is 0 Å². The van der Waals surface area contributed by atoms with E-state index in [1.165, 1.54) is 0 Å². The minimum absolute atomic E-state index is 0.188. The molecule has 0 spiro atoms. The summed E-state index contributed by atoms with van der Waals surface area (Å²) in [6.07, 6.45) is 7.54. The van der Waals surface area contributed by atoms with E-state index in [0.29, 0.717) is 6.10 Å². The van der Waals surface area contributed by atoms with E-state index < -0.39 is 0 Å². The lowest BCUT2D eigenvalue weighted by Crippen LogP contribution is -2.24. The van der Waals surface area contributed by atoms with Crippen LogP contribution in [-0.4, -0.2) is 26.3 Å². The summed E-state index contributed by atoms with van der Waals surface area (Å²) in [5, 5.41) is 3.04. The highest BCUT2D eigenvalue weighted by atomic mass is 16.5. The lowest BCUT2D eigenvalue weighted by molar-refractivity contribution is 0.108. The number of nitrogens with one attached hydrogen (secondary N) is 1. The van der Waals surface area contributed by atoms with Crippen LogP contribution in [0, 0.1) is 12.3 Å². The Kier molecular flexibility index (Phi) is 5.91. The predicted octanol–water partition coefficient (Wildman–Crippen LogP) is 1.02. The molecular formula is C9H17NO. The summed E-state index contributed by atoms with van der Waals surface area (Å²) in [4.78, 5) is 0. The molecule has 0 aliphatic carbocycles. The zero-order valence-electron chi connectivity index (χ0n) is 7.55. The Hall–Kier alpha value is -0.520. The minimum atomic E-state index is 0.188. The maximum Gasteiger partial charge on any atom is 0.0685 e. The van der Waals surface area contributed by atoms with Crippen molar-refractivity contribution in [2.45, 2.75) is 31.9 Å². The van der Waals surface area contributed by atoms with Crippen molar-refractivity contribution in [2.24, 2.45) is 0 Å². The Morgan fingerprint density at radius 2 is 2.18 bits per heavy atom. The van der Waals surface area contributed by atoms with Gasteiger partial charge in [-0.05, 0) is 26.8 Å². The summed E-state index contributed by atoms with van der Waals surface area (Å²) in [7, 11) is 3.59. The van der Waals surface area contributed by atoms with Gasteiger partial charge in [-0.1, -0.05) is 5.92 Å². The number of hydrogen-bond acceptors (Lipinski definition) is 2. The van der Waals surface area contributed by atoms with Crippen molar-refractivity contribution in [3.63, 3.8) is 0 Å². The van der Waals surface area contributed by atoms with Gasteiger partial charge in [0.1, 0.15) is 0 Å². The smallest absolute Gasteiger partial charge is 0.0685 e. The number of methoxy groups -OCH3 is 1. The molecule has 0 aliphatic heterocycles. The summed E-state index contributed by atoms with van der Waals surface area (Å²) in [6.45, 7) is 2.04. The highest BCUT2D eigenvalue weighted by molar-refractivity contribution is 4.97. The molecule has 0 bridgehead atoms. The maximum absolute atomic E-state index is 5.26. The molecule has 0 aromatic carbocycles. The van der Waals surface area contributed by atoms with Crippen molar-refractivity contribution in [3.8, 4) is 12.3 Å². The lowest BCUT2D eigenvalue weighted by Gasteiger charge is -2.12. The monoisotopic (exact) mass is 155 g/mol. The number of terminal acetylenes is 1. The molecule has 0 saturated carbocycles. The topological polar surface area (TPSA) is 21.3 Å². The third-order valence-corrected chi connectivity index (χ3v) is 1.81. The van der Waals surface area contributed by atoms with Gasteiger partial charge >= 0.3 is 0 Å². The number of hydrogen-bond donors (Lipinski definition) is 1. The molecule has 0 aliphatic rings. The van der Waals surface area contributed by atoms with Gasteiger partial charge in [-0.25, -0.2) is 0 Å². The van der Waals surface area contributed by atoms with Gasteiger partial charge in [-0.3, -0.25) is 0 Å².